The van der Waals surface area contributed by atoms with Crippen molar-refractivity contribution in [2.75, 3.05) is 13.1 Å². The molecule has 0 unspecified atom stereocenters. The first-order valence-electron chi connectivity index (χ1n) is 5.41. The minimum absolute atomic E-state index is 0.0198. The predicted molar refractivity (Wildman–Crippen MR) is 74.7 cm³/mol. The molecule has 1 aliphatic heterocycles. The van der Waals surface area contributed by atoms with Gasteiger partial charge in [-0.05, 0) is 24.3 Å². The molecule has 1 amide bonds. The number of likely N-dealkylation sites (tertiary alicyclic amines) is 1. The second-order valence-electron chi connectivity index (χ2n) is 4.07. The molecule has 0 saturated carbocycles. The fourth-order valence-corrected chi connectivity index (χ4v) is 3.30. The first-order chi connectivity index (χ1) is 8.09. The third kappa shape index (κ3) is 2.78. The molecule has 0 bridgehead atoms. The van der Waals surface area contributed by atoms with Gasteiger partial charge in [0.15, 0.2) is 0 Å². The van der Waals surface area contributed by atoms with Crippen molar-refractivity contribution in [2.24, 2.45) is 11.7 Å². The topological polar surface area (TPSA) is 46.3 Å². The summed E-state index contributed by atoms with van der Waals surface area (Å²) in [5, 5.41) is 2.37. The molecule has 92 valence electrons. The maximum Gasteiger partial charge on any atom is 0.265 e. The number of amides is 1. The maximum atomic E-state index is 12.1. The molecule has 3 nitrogen and oxygen atoms in total. The van der Waals surface area contributed by atoms with Crippen molar-refractivity contribution < 1.29 is 4.79 Å². The molecule has 2 rings (SSSR count). The molecule has 1 aliphatic rings. The smallest absolute Gasteiger partial charge is 0.265 e. The van der Waals surface area contributed by atoms with E-state index >= 15 is 0 Å². The molecule has 0 aromatic carbocycles. The van der Waals surface area contributed by atoms with E-state index in [4.69, 9.17) is 29.6 Å². The Morgan fingerprint density at radius 1 is 1.53 bits per heavy atom. The molecular formula is C11H13ClN2OS2. The van der Waals surface area contributed by atoms with E-state index in [0.717, 1.165) is 12.8 Å². The van der Waals surface area contributed by atoms with Gasteiger partial charge in [0.2, 0.25) is 0 Å². The van der Waals surface area contributed by atoms with Gasteiger partial charge in [0.1, 0.15) is 4.88 Å². The van der Waals surface area contributed by atoms with E-state index in [1.165, 1.54) is 11.3 Å². The van der Waals surface area contributed by atoms with Crippen molar-refractivity contribution in [3.05, 3.63) is 21.3 Å². The second kappa shape index (κ2) is 5.33. The number of nitrogens with zero attached hydrogens (tertiary/aromatic N) is 1. The number of hydrogen-bond donors (Lipinski definition) is 1. The van der Waals surface area contributed by atoms with E-state index in [-0.39, 0.29) is 11.8 Å². The Kier molecular flexibility index (Phi) is 4.01. The van der Waals surface area contributed by atoms with E-state index < -0.39 is 0 Å². The van der Waals surface area contributed by atoms with Crippen LogP contribution in [0.3, 0.4) is 0 Å². The zero-order chi connectivity index (χ0) is 12.4. The molecule has 1 aromatic heterocycles. The van der Waals surface area contributed by atoms with Gasteiger partial charge in [-0.15, -0.1) is 11.3 Å². The Labute approximate surface area is 115 Å². The summed E-state index contributed by atoms with van der Waals surface area (Å²) in [5.41, 5.74) is 5.62. The predicted octanol–water partition coefficient (Wildman–Crippen LogP) is 2.54. The highest BCUT2D eigenvalue weighted by Crippen LogP contribution is 2.26. The fourth-order valence-electron chi connectivity index (χ4n) is 1.96. The standard InChI is InChI=1S/C11H13ClN2OS2/c12-8-3-6-17-9(8)11(15)14-4-1-7(2-5-14)10(13)16/h3,6-7H,1-2,4-5H2,(H2,13,16). The van der Waals surface area contributed by atoms with Crippen LogP contribution in [0.1, 0.15) is 22.5 Å². The van der Waals surface area contributed by atoms with Crippen molar-refractivity contribution >= 4 is 46.1 Å². The molecule has 1 aromatic rings. The number of thiophene rings is 1. The normalized spacial score (nSPS) is 17.1. The zero-order valence-corrected chi connectivity index (χ0v) is 11.6. The molecule has 2 N–H and O–H groups in total. The number of hydrogen-bond acceptors (Lipinski definition) is 3. The number of rotatable bonds is 2. The summed E-state index contributed by atoms with van der Waals surface area (Å²) in [4.78, 5) is 15.2. The minimum atomic E-state index is 0.0198. The summed E-state index contributed by atoms with van der Waals surface area (Å²) in [6.45, 7) is 1.41. The summed E-state index contributed by atoms with van der Waals surface area (Å²) in [5.74, 6) is 0.291. The van der Waals surface area contributed by atoms with Crippen molar-refractivity contribution in [3.8, 4) is 0 Å². The third-order valence-electron chi connectivity index (χ3n) is 3.00. The van der Waals surface area contributed by atoms with E-state index in [0.29, 0.717) is 28.0 Å². The quantitative estimate of drug-likeness (QED) is 0.851. The van der Waals surface area contributed by atoms with Gasteiger partial charge in [-0.25, -0.2) is 0 Å². The van der Waals surface area contributed by atoms with E-state index in [2.05, 4.69) is 0 Å². The van der Waals surface area contributed by atoms with E-state index in [1.54, 1.807) is 6.07 Å². The van der Waals surface area contributed by atoms with Crippen LogP contribution in [0.25, 0.3) is 0 Å². The molecule has 0 radical (unpaired) electrons. The number of carbonyl (C=O) groups is 1. The second-order valence-corrected chi connectivity index (χ2v) is 5.86. The minimum Gasteiger partial charge on any atom is -0.393 e. The molecular weight excluding hydrogens is 276 g/mol. The van der Waals surface area contributed by atoms with Crippen LogP contribution in [0.15, 0.2) is 11.4 Å². The molecule has 0 aliphatic carbocycles. The highest BCUT2D eigenvalue weighted by Gasteiger charge is 2.26. The van der Waals surface area contributed by atoms with E-state index in [1.807, 2.05) is 10.3 Å². The summed E-state index contributed by atoms with van der Waals surface area (Å²) < 4.78 is 0. The Balaban J connectivity index is 2.00. The van der Waals surface area contributed by atoms with Gasteiger partial charge in [0.25, 0.3) is 5.91 Å². The average molecular weight is 289 g/mol. The molecule has 0 atom stereocenters. The summed E-state index contributed by atoms with van der Waals surface area (Å²) in [6, 6.07) is 1.75. The third-order valence-corrected chi connectivity index (χ3v) is 4.66. The molecule has 1 saturated heterocycles. The van der Waals surface area contributed by atoms with Gasteiger partial charge in [0.05, 0.1) is 10.0 Å². The van der Waals surface area contributed by atoms with Crippen LogP contribution in [-0.4, -0.2) is 28.9 Å². The number of carbonyl (C=O) groups excluding carboxylic acids is 1. The van der Waals surface area contributed by atoms with Crippen LogP contribution in [0.2, 0.25) is 5.02 Å². The molecule has 1 fully saturated rings. The number of halogens is 1. The molecule has 17 heavy (non-hydrogen) atoms. The highest BCUT2D eigenvalue weighted by molar-refractivity contribution is 7.80. The van der Waals surface area contributed by atoms with Gasteiger partial charge in [0, 0.05) is 19.0 Å². The van der Waals surface area contributed by atoms with Crippen molar-refractivity contribution in [1.82, 2.24) is 4.90 Å². The Morgan fingerprint density at radius 2 is 2.18 bits per heavy atom. The Hall–Kier alpha value is -0.650. The Bertz CT molecular complexity index is 438. The summed E-state index contributed by atoms with van der Waals surface area (Å²) in [7, 11) is 0. The summed E-state index contributed by atoms with van der Waals surface area (Å²) >= 11 is 12.3. The first-order valence-corrected chi connectivity index (χ1v) is 7.07. The molecule has 2 heterocycles. The highest BCUT2D eigenvalue weighted by atomic mass is 35.5. The number of nitrogens with two attached hydrogens (primary N) is 1. The van der Waals surface area contributed by atoms with Gasteiger partial charge in [-0.2, -0.15) is 0 Å². The first kappa shape index (κ1) is 12.8. The van der Waals surface area contributed by atoms with Crippen LogP contribution in [0, 0.1) is 5.92 Å². The Morgan fingerprint density at radius 3 is 2.65 bits per heavy atom. The van der Waals surface area contributed by atoms with Crippen LogP contribution in [-0.2, 0) is 0 Å². The zero-order valence-electron chi connectivity index (χ0n) is 9.19. The average Bonchev–Trinajstić information content (AvgIpc) is 2.74. The lowest BCUT2D eigenvalue weighted by Gasteiger charge is -2.31. The van der Waals surface area contributed by atoms with Crippen LogP contribution < -0.4 is 5.73 Å². The fraction of sp³-hybridized carbons (Fsp3) is 0.455. The van der Waals surface area contributed by atoms with Crippen LogP contribution in [0.5, 0.6) is 0 Å². The van der Waals surface area contributed by atoms with Gasteiger partial charge in [-0.3, -0.25) is 4.79 Å². The van der Waals surface area contributed by atoms with Gasteiger partial charge < -0.3 is 10.6 Å². The lowest BCUT2D eigenvalue weighted by Crippen LogP contribution is -2.41. The lowest BCUT2D eigenvalue weighted by molar-refractivity contribution is 0.0715. The van der Waals surface area contributed by atoms with Gasteiger partial charge >= 0.3 is 0 Å². The summed E-state index contributed by atoms with van der Waals surface area (Å²) in [6.07, 6.45) is 1.70. The molecule has 6 heteroatoms. The van der Waals surface area contributed by atoms with Gasteiger partial charge in [-0.1, -0.05) is 23.8 Å². The monoisotopic (exact) mass is 288 g/mol. The van der Waals surface area contributed by atoms with Crippen molar-refractivity contribution in [2.45, 2.75) is 12.8 Å². The maximum absolute atomic E-state index is 12.1. The number of piperidine rings is 1. The van der Waals surface area contributed by atoms with Crippen LogP contribution in [0.4, 0.5) is 0 Å². The van der Waals surface area contributed by atoms with Crippen molar-refractivity contribution in [3.63, 3.8) is 0 Å². The van der Waals surface area contributed by atoms with Crippen LogP contribution >= 0.6 is 35.2 Å². The van der Waals surface area contributed by atoms with E-state index in [9.17, 15) is 4.79 Å². The lowest BCUT2D eigenvalue weighted by atomic mass is 9.97. The number of thiocarbonyl (C=S) groups is 1. The largest absolute Gasteiger partial charge is 0.393 e. The SMILES string of the molecule is NC(=S)C1CCN(C(=O)c2sccc2Cl)CC1. The van der Waals surface area contributed by atoms with Crippen molar-refractivity contribution in [1.29, 1.82) is 0 Å². The molecule has 0 spiro atoms.